The highest BCUT2D eigenvalue weighted by Gasteiger charge is 2.35. The average Bonchev–Trinajstić information content (AvgIpc) is 2.88. The first-order valence-electron chi connectivity index (χ1n) is 11.1. The zero-order valence-corrected chi connectivity index (χ0v) is 18.9. The summed E-state index contributed by atoms with van der Waals surface area (Å²) in [7, 11) is 1.49. The van der Waals surface area contributed by atoms with Crippen molar-refractivity contribution in [2.24, 2.45) is 0 Å². The lowest BCUT2D eigenvalue weighted by Gasteiger charge is -2.25. The number of hydrogen-bond acceptors (Lipinski definition) is 8. The third kappa shape index (κ3) is 3.26. The number of esters is 1. The summed E-state index contributed by atoms with van der Waals surface area (Å²) < 4.78 is 22.2. The minimum atomic E-state index is -0.832. The van der Waals surface area contributed by atoms with Crippen molar-refractivity contribution in [3.63, 3.8) is 0 Å². The van der Waals surface area contributed by atoms with Crippen LogP contribution in [0.5, 0.6) is 17.2 Å². The largest absolute Gasteiger partial charge is 0.507 e. The van der Waals surface area contributed by atoms with Crippen molar-refractivity contribution < 1.29 is 28.2 Å². The first kappa shape index (κ1) is 21.7. The van der Waals surface area contributed by atoms with Crippen molar-refractivity contribution in [1.82, 2.24) is 0 Å². The molecule has 6 rings (SSSR count). The minimum Gasteiger partial charge on any atom is -0.507 e. The fourth-order valence-corrected chi connectivity index (χ4v) is 4.71. The number of hydrogen-bond donors (Lipinski definition) is 1. The molecule has 1 aliphatic heterocycles. The average molecular weight is 482 g/mol. The molecule has 1 aliphatic rings. The summed E-state index contributed by atoms with van der Waals surface area (Å²) in [5.41, 5.74) is 0.982. The van der Waals surface area contributed by atoms with E-state index in [9.17, 15) is 19.5 Å². The fraction of sp³-hybridized carbons (Fsp3) is 0.107. The van der Waals surface area contributed by atoms with E-state index in [1.165, 1.54) is 25.7 Å². The van der Waals surface area contributed by atoms with Gasteiger partial charge in [0, 0.05) is 23.1 Å². The number of benzene rings is 3. The van der Waals surface area contributed by atoms with Crippen molar-refractivity contribution >= 4 is 27.9 Å². The molecular formula is C28H18O8. The number of carbonyl (C=O) groups excluding carboxylic acids is 1. The zero-order chi connectivity index (χ0) is 25.0. The van der Waals surface area contributed by atoms with Crippen LogP contribution in [0.25, 0.3) is 33.1 Å². The Bertz CT molecular complexity index is 1800. The maximum Gasteiger partial charge on any atom is 0.312 e. The molecule has 1 N–H and O–H groups in total. The fourth-order valence-electron chi connectivity index (χ4n) is 4.71. The van der Waals surface area contributed by atoms with Gasteiger partial charge in [-0.2, -0.15) is 0 Å². The van der Waals surface area contributed by atoms with Gasteiger partial charge < -0.3 is 23.4 Å². The summed E-state index contributed by atoms with van der Waals surface area (Å²) in [6.07, 6.45) is 2.43. The molecular weight excluding hydrogens is 464 g/mol. The molecule has 1 atom stereocenters. The molecule has 178 valence electrons. The Kier molecular flexibility index (Phi) is 4.89. The minimum absolute atomic E-state index is 0.0157. The van der Waals surface area contributed by atoms with Gasteiger partial charge in [-0.1, -0.05) is 30.3 Å². The van der Waals surface area contributed by atoms with Crippen LogP contribution < -0.4 is 20.3 Å². The first-order valence-corrected chi connectivity index (χ1v) is 11.1. The van der Waals surface area contributed by atoms with E-state index in [0.717, 1.165) is 0 Å². The van der Waals surface area contributed by atoms with Gasteiger partial charge >= 0.3 is 5.97 Å². The summed E-state index contributed by atoms with van der Waals surface area (Å²) in [5, 5.41) is 10.9. The van der Waals surface area contributed by atoms with Crippen LogP contribution in [0.4, 0.5) is 0 Å². The molecule has 0 radical (unpaired) electrons. The molecule has 0 bridgehead atoms. The maximum absolute atomic E-state index is 13.5. The van der Waals surface area contributed by atoms with E-state index in [-0.39, 0.29) is 50.8 Å². The van der Waals surface area contributed by atoms with Crippen LogP contribution in [0.2, 0.25) is 0 Å². The van der Waals surface area contributed by atoms with Crippen molar-refractivity contribution in [1.29, 1.82) is 0 Å². The van der Waals surface area contributed by atoms with Crippen molar-refractivity contribution in [2.45, 2.75) is 12.3 Å². The van der Waals surface area contributed by atoms with Crippen LogP contribution >= 0.6 is 0 Å². The van der Waals surface area contributed by atoms with Crippen molar-refractivity contribution in [3.05, 3.63) is 98.7 Å². The maximum atomic E-state index is 13.5. The van der Waals surface area contributed by atoms with Crippen LogP contribution in [0.1, 0.15) is 23.5 Å². The molecule has 5 aromatic rings. The van der Waals surface area contributed by atoms with Crippen LogP contribution in [0.3, 0.4) is 0 Å². The van der Waals surface area contributed by atoms with Crippen LogP contribution in [0, 0.1) is 0 Å². The third-order valence-electron chi connectivity index (χ3n) is 6.44. The number of phenols is 1. The summed E-state index contributed by atoms with van der Waals surface area (Å²) in [5.74, 6) is -1.33. The normalized spacial score (nSPS) is 15.0. The van der Waals surface area contributed by atoms with Gasteiger partial charge in [0.05, 0.1) is 30.7 Å². The second-order valence-electron chi connectivity index (χ2n) is 8.47. The van der Waals surface area contributed by atoms with E-state index < -0.39 is 17.3 Å². The van der Waals surface area contributed by atoms with Gasteiger partial charge in [0.15, 0.2) is 5.43 Å². The van der Waals surface area contributed by atoms with Crippen molar-refractivity contribution in [3.8, 4) is 28.4 Å². The molecule has 0 unspecified atom stereocenters. The molecule has 8 nitrogen and oxygen atoms in total. The highest BCUT2D eigenvalue weighted by Crippen LogP contribution is 2.45. The number of rotatable bonds is 3. The summed E-state index contributed by atoms with van der Waals surface area (Å²) in [6.45, 7) is 0. The smallest absolute Gasteiger partial charge is 0.312 e. The highest BCUT2D eigenvalue weighted by atomic mass is 16.5. The predicted octanol–water partition coefficient (Wildman–Crippen LogP) is 4.72. The van der Waals surface area contributed by atoms with Gasteiger partial charge in [0.1, 0.15) is 40.1 Å². The van der Waals surface area contributed by atoms with E-state index in [1.807, 2.05) is 6.07 Å². The number of methoxy groups -OCH3 is 1. The molecule has 0 spiro atoms. The molecule has 36 heavy (non-hydrogen) atoms. The van der Waals surface area contributed by atoms with Gasteiger partial charge in [-0.25, -0.2) is 0 Å². The topological polar surface area (TPSA) is 116 Å². The van der Waals surface area contributed by atoms with Gasteiger partial charge in [0.2, 0.25) is 5.43 Å². The number of phenolic OH excluding ortho intramolecular Hbond substituents is 1. The summed E-state index contributed by atoms with van der Waals surface area (Å²) >= 11 is 0. The molecule has 0 saturated heterocycles. The third-order valence-corrected chi connectivity index (χ3v) is 6.44. The molecule has 3 aromatic carbocycles. The molecule has 2 aromatic heterocycles. The van der Waals surface area contributed by atoms with E-state index in [0.29, 0.717) is 22.5 Å². The standard InChI is InChI=1S/C28H18O8/c1-33-15-7-8-21-17(9-15)26(31)19(13-34-21)16-10-23(30)36-22-11-20(29)25-27(32)18(12-35-28(25)24(16)22)14-5-3-2-4-6-14/h2-9,11-13,16,29H,10H2,1H3/t16-/m1/s1. The lowest BCUT2D eigenvalue weighted by Crippen LogP contribution is -2.25. The Morgan fingerprint density at radius 1 is 0.944 bits per heavy atom. The highest BCUT2D eigenvalue weighted by molar-refractivity contribution is 5.94. The number of carbonyl (C=O) groups is 1. The number of ether oxygens (including phenoxy) is 2. The second kappa shape index (κ2) is 8.13. The molecule has 0 fully saturated rings. The second-order valence-corrected chi connectivity index (χ2v) is 8.47. The van der Waals surface area contributed by atoms with Crippen molar-refractivity contribution in [2.75, 3.05) is 7.11 Å². The van der Waals surface area contributed by atoms with Crippen LogP contribution in [0.15, 0.2) is 85.5 Å². The predicted molar refractivity (Wildman–Crippen MR) is 131 cm³/mol. The first-order chi connectivity index (χ1) is 17.5. The van der Waals surface area contributed by atoms with Gasteiger partial charge in [-0.15, -0.1) is 0 Å². The monoisotopic (exact) mass is 482 g/mol. The molecule has 3 heterocycles. The Labute approximate surface area is 202 Å². The Balaban J connectivity index is 1.62. The summed E-state index contributed by atoms with van der Waals surface area (Å²) in [4.78, 5) is 39.4. The molecule has 8 heteroatoms. The van der Waals surface area contributed by atoms with Gasteiger partial charge in [-0.3, -0.25) is 14.4 Å². The summed E-state index contributed by atoms with van der Waals surface area (Å²) in [6, 6.07) is 15.0. The SMILES string of the molecule is COc1ccc2occ([C@H]3CC(=O)Oc4cc(O)c5c(=O)c(-c6ccccc6)coc5c43)c(=O)c2c1. The quantitative estimate of drug-likeness (QED) is 0.290. The molecule has 0 amide bonds. The molecule has 0 saturated carbocycles. The van der Waals surface area contributed by atoms with Gasteiger partial charge in [0.25, 0.3) is 0 Å². The Morgan fingerprint density at radius 2 is 1.75 bits per heavy atom. The lowest BCUT2D eigenvalue weighted by molar-refractivity contribution is -0.135. The van der Waals surface area contributed by atoms with Crippen LogP contribution in [-0.2, 0) is 4.79 Å². The van der Waals surface area contributed by atoms with E-state index in [1.54, 1.807) is 42.5 Å². The van der Waals surface area contributed by atoms with E-state index >= 15 is 0 Å². The molecule has 0 aliphatic carbocycles. The number of aromatic hydroxyl groups is 1. The van der Waals surface area contributed by atoms with E-state index in [4.69, 9.17) is 18.3 Å². The van der Waals surface area contributed by atoms with Crippen LogP contribution in [-0.4, -0.2) is 18.2 Å². The zero-order valence-electron chi connectivity index (χ0n) is 18.9. The Hall–Kier alpha value is -4.85. The Morgan fingerprint density at radius 3 is 2.53 bits per heavy atom. The van der Waals surface area contributed by atoms with E-state index in [2.05, 4.69) is 0 Å². The number of fused-ring (bicyclic) bond motifs is 4. The lowest BCUT2D eigenvalue weighted by atomic mass is 9.85. The van der Waals surface area contributed by atoms with Gasteiger partial charge in [-0.05, 0) is 23.8 Å².